The normalized spacial score (nSPS) is 12.2. The van der Waals surface area contributed by atoms with Gasteiger partial charge in [0.2, 0.25) is 0 Å². The first-order valence-corrected chi connectivity index (χ1v) is 6.46. The number of para-hydroxylation sites is 1. The fourth-order valence-electron chi connectivity index (χ4n) is 2.20. The van der Waals surface area contributed by atoms with Crippen LogP contribution in [0.3, 0.4) is 0 Å². The van der Waals surface area contributed by atoms with Crippen molar-refractivity contribution >= 4 is 0 Å². The topological polar surface area (TPSA) is 42.4 Å². The van der Waals surface area contributed by atoms with Crippen LogP contribution in [0, 0.1) is 13.8 Å². The van der Waals surface area contributed by atoms with E-state index in [1.54, 1.807) is 0 Å². The molecule has 0 bridgehead atoms. The highest BCUT2D eigenvalue weighted by Crippen LogP contribution is 2.30. The van der Waals surface area contributed by atoms with Crippen LogP contribution in [0.5, 0.6) is 5.75 Å². The van der Waals surface area contributed by atoms with Crippen LogP contribution in [-0.4, -0.2) is 16.7 Å². The summed E-state index contributed by atoms with van der Waals surface area (Å²) in [5.41, 5.74) is 3.44. The number of aryl methyl sites for hydroxylation is 2. The number of hydrogen-bond donors (Lipinski definition) is 1. The van der Waals surface area contributed by atoms with E-state index in [1.807, 2.05) is 57.2 Å². The maximum atomic E-state index is 10.5. The second-order valence-corrected chi connectivity index (χ2v) is 4.56. The molecule has 0 aliphatic heterocycles. The summed E-state index contributed by atoms with van der Waals surface area (Å²) < 4.78 is 5.56. The Balaban J connectivity index is 2.40. The van der Waals surface area contributed by atoms with Gasteiger partial charge in [0.1, 0.15) is 11.9 Å². The van der Waals surface area contributed by atoms with Gasteiger partial charge in [-0.15, -0.1) is 0 Å². The van der Waals surface area contributed by atoms with Crippen molar-refractivity contribution in [3.8, 4) is 5.75 Å². The van der Waals surface area contributed by atoms with E-state index in [0.29, 0.717) is 6.61 Å². The van der Waals surface area contributed by atoms with Gasteiger partial charge in [-0.1, -0.05) is 18.2 Å². The SMILES string of the molecule is CCOc1ccccc1C(O)c1cc(C)nc(C)c1. The summed E-state index contributed by atoms with van der Waals surface area (Å²) in [5.74, 6) is 0.726. The molecule has 0 fully saturated rings. The molecular weight excluding hydrogens is 238 g/mol. The number of hydrogen-bond acceptors (Lipinski definition) is 3. The van der Waals surface area contributed by atoms with Gasteiger partial charge in [-0.3, -0.25) is 4.98 Å². The van der Waals surface area contributed by atoms with Crippen LogP contribution in [0.4, 0.5) is 0 Å². The Morgan fingerprint density at radius 2 is 1.79 bits per heavy atom. The molecule has 1 N–H and O–H groups in total. The van der Waals surface area contributed by atoms with Crippen LogP contribution in [0.2, 0.25) is 0 Å². The third-order valence-corrected chi connectivity index (χ3v) is 2.93. The average molecular weight is 257 g/mol. The minimum absolute atomic E-state index is 0.581. The van der Waals surface area contributed by atoms with Gasteiger partial charge in [-0.2, -0.15) is 0 Å². The van der Waals surface area contributed by atoms with Crippen molar-refractivity contribution in [2.75, 3.05) is 6.61 Å². The van der Waals surface area contributed by atoms with E-state index in [-0.39, 0.29) is 0 Å². The molecule has 0 saturated heterocycles. The number of nitrogens with zero attached hydrogens (tertiary/aromatic N) is 1. The van der Waals surface area contributed by atoms with Crippen molar-refractivity contribution < 1.29 is 9.84 Å². The van der Waals surface area contributed by atoms with E-state index in [2.05, 4.69) is 4.98 Å². The van der Waals surface area contributed by atoms with Crippen molar-refractivity contribution in [1.82, 2.24) is 4.98 Å². The molecule has 3 heteroatoms. The maximum absolute atomic E-state index is 10.5. The lowest BCUT2D eigenvalue weighted by atomic mass is 10.00. The Morgan fingerprint density at radius 3 is 2.42 bits per heavy atom. The lowest BCUT2D eigenvalue weighted by Crippen LogP contribution is -2.05. The van der Waals surface area contributed by atoms with Crippen LogP contribution in [-0.2, 0) is 0 Å². The Morgan fingerprint density at radius 1 is 1.16 bits per heavy atom. The summed E-state index contributed by atoms with van der Waals surface area (Å²) >= 11 is 0. The summed E-state index contributed by atoms with van der Waals surface area (Å²) in [7, 11) is 0. The zero-order valence-corrected chi connectivity index (χ0v) is 11.6. The Kier molecular flexibility index (Phi) is 4.17. The first-order chi connectivity index (χ1) is 9.11. The van der Waals surface area contributed by atoms with Gasteiger partial charge < -0.3 is 9.84 Å². The molecule has 2 aromatic rings. The molecule has 19 heavy (non-hydrogen) atoms. The van der Waals surface area contributed by atoms with Crippen LogP contribution in [0.25, 0.3) is 0 Å². The molecule has 0 saturated carbocycles. The molecule has 0 aliphatic rings. The summed E-state index contributed by atoms with van der Waals surface area (Å²) in [4.78, 5) is 4.33. The number of ether oxygens (including phenoxy) is 1. The Bertz CT molecular complexity index is 546. The van der Waals surface area contributed by atoms with Crippen molar-refractivity contribution in [1.29, 1.82) is 0 Å². The molecule has 0 spiro atoms. The number of aliphatic hydroxyl groups excluding tert-OH is 1. The number of pyridine rings is 1. The fourth-order valence-corrected chi connectivity index (χ4v) is 2.20. The number of rotatable bonds is 4. The minimum Gasteiger partial charge on any atom is -0.493 e. The number of aliphatic hydroxyl groups is 1. The minimum atomic E-state index is -0.692. The Labute approximate surface area is 113 Å². The van der Waals surface area contributed by atoms with E-state index in [1.165, 1.54) is 0 Å². The van der Waals surface area contributed by atoms with Gasteiger partial charge >= 0.3 is 0 Å². The van der Waals surface area contributed by atoms with Crippen LogP contribution in [0.15, 0.2) is 36.4 Å². The molecule has 3 nitrogen and oxygen atoms in total. The van der Waals surface area contributed by atoms with Crippen LogP contribution < -0.4 is 4.74 Å². The van der Waals surface area contributed by atoms with Crippen LogP contribution in [0.1, 0.15) is 35.5 Å². The van der Waals surface area contributed by atoms with E-state index in [4.69, 9.17) is 4.74 Å². The van der Waals surface area contributed by atoms with E-state index in [0.717, 1.165) is 28.3 Å². The predicted octanol–water partition coefficient (Wildman–Crippen LogP) is 3.18. The lowest BCUT2D eigenvalue weighted by Gasteiger charge is -2.16. The summed E-state index contributed by atoms with van der Waals surface area (Å²) in [6.07, 6.45) is -0.692. The second-order valence-electron chi connectivity index (χ2n) is 4.56. The molecule has 0 aliphatic carbocycles. The van der Waals surface area contributed by atoms with Gasteiger partial charge in [-0.25, -0.2) is 0 Å². The van der Waals surface area contributed by atoms with E-state index in [9.17, 15) is 5.11 Å². The Hall–Kier alpha value is -1.87. The van der Waals surface area contributed by atoms with Gasteiger partial charge in [-0.05, 0) is 44.5 Å². The first kappa shape index (κ1) is 13.6. The first-order valence-electron chi connectivity index (χ1n) is 6.46. The largest absolute Gasteiger partial charge is 0.493 e. The van der Waals surface area contributed by atoms with Crippen molar-refractivity contribution in [3.63, 3.8) is 0 Å². The quantitative estimate of drug-likeness (QED) is 0.914. The lowest BCUT2D eigenvalue weighted by molar-refractivity contribution is 0.211. The molecule has 100 valence electrons. The molecule has 0 amide bonds. The van der Waals surface area contributed by atoms with E-state index < -0.39 is 6.10 Å². The highest BCUT2D eigenvalue weighted by atomic mass is 16.5. The molecule has 1 aromatic carbocycles. The zero-order chi connectivity index (χ0) is 13.8. The summed E-state index contributed by atoms with van der Waals surface area (Å²) in [6, 6.07) is 11.4. The molecule has 0 radical (unpaired) electrons. The number of benzene rings is 1. The standard InChI is InChI=1S/C16H19NO2/c1-4-19-15-8-6-5-7-14(15)16(18)13-9-11(2)17-12(3)10-13/h5-10,16,18H,4H2,1-3H3. The highest BCUT2D eigenvalue weighted by Gasteiger charge is 2.16. The highest BCUT2D eigenvalue weighted by molar-refractivity contribution is 5.40. The average Bonchev–Trinajstić information content (AvgIpc) is 2.38. The molecule has 2 rings (SSSR count). The fraction of sp³-hybridized carbons (Fsp3) is 0.312. The van der Waals surface area contributed by atoms with Crippen molar-refractivity contribution in [3.05, 3.63) is 58.9 Å². The monoisotopic (exact) mass is 257 g/mol. The van der Waals surface area contributed by atoms with Crippen molar-refractivity contribution in [2.24, 2.45) is 0 Å². The van der Waals surface area contributed by atoms with Gasteiger partial charge in [0.25, 0.3) is 0 Å². The van der Waals surface area contributed by atoms with Gasteiger partial charge in [0, 0.05) is 17.0 Å². The summed E-state index contributed by atoms with van der Waals surface area (Å²) in [5, 5.41) is 10.5. The maximum Gasteiger partial charge on any atom is 0.125 e. The van der Waals surface area contributed by atoms with Crippen LogP contribution >= 0.6 is 0 Å². The number of aromatic nitrogens is 1. The third-order valence-electron chi connectivity index (χ3n) is 2.93. The smallest absolute Gasteiger partial charge is 0.125 e. The van der Waals surface area contributed by atoms with E-state index >= 15 is 0 Å². The van der Waals surface area contributed by atoms with Gasteiger partial charge in [0.05, 0.1) is 6.61 Å². The zero-order valence-electron chi connectivity index (χ0n) is 11.6. The molecule has 1 heterocycles. The molecule has 1 unspecified atom stereocenters. The second kappa shape index (κ2) is 5.85. The molecular formula is C16H19NO2. The molecule has 1 atom stereocenters. The van der Waals surface area contributed by atoms with Crippen molar-refractivity contribution in [2.45, 2.75) is 26.9 Å². The predicted molar refractivity (Wildman–Crippen MR) is 75.4 cm³/mol. The summed E-state index contributed by atoms with van der Waals surface area (Å²) in [6.45, 7) is 6.37. The third kappa shape index (κ3) is 3.12. The molecule has 1 aromatic heterocycles. The van der Waals surface area contributed by atoms with Gasteiger partial charge in [0.15, 0.2) is 0 Å².